The summed E-state index contributed by atoms with van der Waals surface area (Å²) in [6.07, 6.45) is 0.506. The van der Waals surface area contributed by atoms with E-state index in [1.807, 2.05) is 18.9 Å². The average molecular weight is 201 g/mol. The molecular formula is C8H15N3OS. The molecule has 0 amide bonds. The van der Waals surface area contributed by atoms with Crippen molar-refractivity contribution in [3.8, 4) is 0 Å². The Morgan fingerprint density at radius 1 is 1.62 bits per heavy atom. The summed E-state index contributed by atoms with van der Waals surface area (Å²) in [6, 6.07) is 0. The Morgan fingerprint density at radius 2 is 2.31 bits per heavy atom. The summed E-state index contributed by atoms with van der Waals surface area (Å²) in [5, 5.41) is 10.0. The number of aryl methyl sites for hydroxylation is 1. The van der Waals surface area contributed by atoms with E-state index >= 15 is 0 Å². The van der Waals surface area contributed by atoms with Crippen LogP contribution in [0, 0.1) is 6.92 Å². The van der Waals surface area contributed by atoms with Gasteiger partial charge >= 0.3 is 0 Å². The molecule has 1 aromatic heterocycles. The van der Waals surface area contributed by atoms with Gasteiger partial charge < -0.3 is 10.0 Å². The van der Waals surface area contributed by atoms with Crippen LogP contribution in [0.15, 0.2) is 0 Å². The van der Waals surface area contributed by atoms with Crippen LogP contribution in [0.4, 0.5) is 5.13 Å². The molecule has 0 aliphatic carbocycles. The van der Waals surface area contributed by atoms with Crippen LogP contribution >= 0.6 is 11.5 Å². The molecule has 0 bridgehead atoms. The van der Waals surface area contributed by atoms with Crippen molar-refractivity contribution >= 4 is 16.7 Å². The molecule has 4 nitrogen and oxygen atoms in total. The summed E-state index contributed by atoms with van der Waals surface area (Å²) >= 11 is 1.39. The molecule has 1 N–H and O–H groups in total. The quantitative estimate of drug-likeness (QED) is 0.791. The van der Waals surface area contributed by atoms with E-state index in [0.717, 1.165) is 23.9 Å². The maximum absolute atomic E-state index is 9.09. The molecule has 0 spiro atoms. The van der Waals surface area contributed by atoms with Crippen molar-refractivity contribution in [2.24, 2.45) is 0 Å². The summed E-state index contributed by atoms with van der Waals surface area (Å²) < 4.78 is 4.09. The van der Waals surface area contributed by atoms with Crippen LogP contribution in [0.1, 0.15) is 19.2 Å². The van der Waals surface area contributed by atoms with Crippen molar-refractivity contribution in [2.45, 2.75) is 26.4 Å². The van der Waals surface area contributed by atoms with Crippen LogP contribution in [-0.2, 0) is 0 Å². The molecule has 0 aliphatic rings. The first-order valence-electron chi connectivity index (χ1n) is 4.29. The van der Waals surface area contributed by atoms with Crippen molar-refractivity contribution in [1.29, 1.82) is 0 Å². The molecular weight excluding hydrogens is 186 g/mol. The highest BCUT2D eigenvalue weighted by Gasteiger charge is 2.06. The van der Waals surface area contributed by atoms with Crippen LogP contribution < -0.4 is 4.90 Å². The minimum atomic E-state index is -0.253. The van der Waals surface area contributed by atoms with Crippen molar-refractivity contribution in [2.75, 3.05) is 18.5 Å². The second kappa shape index (κ2) is 4.53. The number of aromatic nitrogens is 2. The summed E-state index contributed by atoms with van der Waals surface area (Å²) in [6.45, 7) is 4.48. The fraction of sp³-hybridized carbons (Fsp3) is 0.750. The maximum atomic E-state index is 9.09. The number of nitrogens with zero attached hydrogens (tertiary/aromatic N) is 3. The van der Waals surface area contributed by atoms with Gasteiger partial charge in [-0.15, -0.1) is 0 Å². The molecule has 0 radical (unpaired) electrons. The van der Waals surface area contributed by atoms with Gasteiger partial charge in [0, 0.05) is 25.1 Å². The fourth-order valence-corrected chi connectivity index (χ4v) is 1.58. The highest BCUT2D eigenvalue weighted by Crippen LogP contribution is 2.15. The zero-order valence-corrected chi connectivity index (χ0v) is 9.01. The predicted octanol–water partition coefficient (Wildman–Crippen LogP) is 1.05. The molecule has 5 heteroatoms. The van der Waals surface area contributed by atoms with Gasteiger partial charge in [-0.2, -0.15) is 4.37 Å². The number of aliphatic hydroxyl groups excluding tert-OH is 1. The molecule has 0 aliphatic heterocycles. The highest BCUT2D eigenvalue weighted by molar-refractivity contribution is 7.09. The van der Waals surface area contributed by atoms with E-state index in [1.54, 1.807) is 6.92 Å². The van der Waals surface area contributed by atoms with Gasteiger partial charge in [0.1, 0.15) is 5.82 Å². The van der Waals surface area contributed by atoms with Crippen molar-refractivity contribution in [3.63, 3.8) is 0 Å². The lowest BCUT2D eigenvalue weighted by Gasteiger charge is -2.15. The van der Waals surface area contributed by atoms with Crippen LogP contribution in [0.2, 0.25) is 0 Å². The number of hydrogen-bond donors (Lipinski definition) is 1. The first-order chi connectivity index (χ1) is 6.09. The zero-order valence-electron chi connectivity index (χ0n) is 8.19. The predicted molar refractivity (Wildman–Crippen MR) is 54.2 cm³/mol. The van der Waals surface area contributed by atoms with Crippen LogP contribution in [0.3, 0.4) is 0 Å². The Labute approximate surface area is 82.4 Å². The number of anilines is 1. The molecule has 0 saturated carbocycles. The van der Waals surface area contributed by atoms with Gasteiger partial charge in [0.2, 0.25) is 5.13 Å². The topological polar surface area (TPSA) is 49.2 Å². The molecule has 0 saturated heterocycles. The smallest absolute Gasteiger partial charge is 0.204 e. The molecule has 1 unspecified atom stereocenters. The molecule has 1 heterocycles. The van der Waals surface area contributed by atoms with Crippen LogP contribution in [0.5, 0.6) is 0 Å². The zero-order chi connectivity index (χ0) is 9.84. The Morgan fingerprint density at radius 3 is 2.77 bits per heavy atom. The second-order valence-electron chi connectivity index (χ2n) is 3.18. The summed E-state index contributed by atoms with van der Waals surface area (Å²) in [5.41, 5.74) is 0. The largest absolute Gasteiger partial charge is 0.393 e. The normalized spacial score (nSPS) is 12.9. The maximum Gasteiger partial charge on any atom is 0.204 e. The molecule has 13 heavy (non-hydrogen) atoms. The van der Waals surface area contributed by atoms with E-state index in [0.29, 0.717) is 0 Å². The van der Waals surface area contributed by atoms with Gasteiger partial charge in [-0.1, -0.05) is 0 Å². The van der Waals surface area contributed by atoms with E-state index in [1.165, 1.54) is 11.5 Å². The molecule has 1 aromatic rings. The number of rotatable bonds is 4. The third-order valence-electron chi connectivity index (χ3n) is 1.73. The molecule has 0 aromatic carbocycles. The van der Waals surface area contributed by atoms with Crippen molar-refractivity contribution < 1.29 is 5.11 Å². The SMILES string of the molecule is Cc1nsc(N(C)CCC(C)O)n1. The van der Waals surface area contributed by atoms with Crippen molar-refractivity contribution in [1.82, 2.24) is 9.36 Å². The first kappa shape index (κ1) is 10.4. The van der Waals surface area contributed by atoms with Crippen LogP contribution in [0.25, 0.3) is 0 Å². The van der Waals surface area contributed by atoms with Gasteiger partial charge in [-0.3, -0.25) is 0 Å². The van der Waals surface area contributed by atoms with Gasteiger partial charge in [-0.25, -0.2) is 4.98 Å². The summed E-state index contributed by atoms with van der Waals surface area (Å²) in [5.74, 6) is 0.809. The van der Waals surface area contributed by atoms with E-state index in [2.05, 4.69) is 9.36 Å². The van der Waals surface area contributed by atoms with E-state index in [9.17, 15) is 0 Å². The van der Waals surface area contributed by atoms with Gasteiger partial charge in [0.05, 0.1) is 6.10 Å². The Kier molecular flexibility index (Phi) is 3.62. The highest BCUT2D eigenvalue weighted by atomic mass is 32.1. The van der Waals surface area contributed by atoms with Gasteiger partial charge in [0.25, 0.3) is 0 Å². The van der Waals surface area contributed by atoms with E-state index in [-0.39, 0.29) is 6.10 Å². The Balaban J connectivity index is 2.44. The minimum Gasteiger partial charge on any atom is -0.393 e. The lowest BCUT2D eigenvalue weighted by Crippen LogP contribution is -2.21. The third kappa shape index (κ3) is 3.28. The van der Waals surface area contributed by atoms with Gasteiger partial charge in [0.15, 0.2) is 0 Å². The molecule has 0 fully saturated rings. The Bertz CT molecular complexity index is 262. The Hall–Kier alpha value is -0.680. The summed E-state index contributed by atoms with van der Waals surface area (Å²) in [7, 11) is 1.96. The van der Waals surface area contributed by atoms with Crippen LogP contribution in [-0.4, -0.2) is 34.2 Å². The van der Waals surface area contributed by atoms with E-state index in [4.69, 9.17) is 5.11 Å². The lowest BCUT2D eigenvalue weighted by molar-refractivity contribution is 0.187. The monoisotopic (exact) mass is 201 g/mol. The molecule has 1 rings (SSSR count). The third-order valence-corrected chi connectivity index (χ3v) is 2.65. The fourth-order valence-electron chi connectivity index (χ4n) is 0.917. The average Bonchev–Trinajstić information content (AvgIpc) is 2.47. The first-order valence-corrected chi connectivity index (χ1v) is 5.06. The van der Waals surface area contributed by atoms with Gasteiger partial charge in [-0.05, 0) is 20.3 Å². The second-order valence-corrected chi connectivity index (χ2v) is 3.91. The molecule has 1 atom stereocenters. The molecule has 74 valence electrons. The van der Waals surface area contributed by atoms with Crippen molar-refractivity contribution in [3.05, 3.63) is 5.82 Å². The lowest BCUT2D eigenvalue weighted by atomic mass is 10.3. The number of aliphatic hydroxyl groups is 1. The minimum absolute atomic E-state index is 0.253. The summed E-state index contributed by atoms with van der Waals surface area (Å²) in [4.78, 5) is 6.25. The standard InChI is InChI=1S/C8H15N3OS/c1-6(12)4-5-11(3)8-9-7(2)10-13-8/h6,12H,4-5H2,1-3H3. The van der Waals surface area contributed by atoms with E-state index < -0.39 is 0 Å². The number of hydrogen-bond acceptors (Lipinski definition) is 5.